The molecule has 2 N–H and O–H groups in total. The molecule has 5 heterocycles. The maximum atomic E-state index is 6.35. The lowest BCUT2D eigenvalue weighted by Crippen LogP contribution is -2.32. The van der Waals surface area contributed by atoms with E-state index in [0.717, 1.165) is 70.9 Å². The van der Waals surface area contributed by atoms with Crippen LogP contribution in [0, 0.1) is 0 Å². The van der Waals surface area contributed by atoms with Gasteiger partial charge in [-0.3, -0.25) is 9.38 Å². The second kappa shape index (κ2) is 8.91. The number of nitrogens with zero attached hydrogens (tertiary/aromatic N) is 6. The van der Waals surface area contributed by atoms with Crippen molar-refractivity contribution in [1.29, 1.82) is 0 Å². The Morgan fingerprint density at radius 2 is 1.80 bits per heavy atom. The number of anilines is 1. The van der Waals surface area contributed by atoms with Gasteiger partial charge in [-0.1, -0.05) is 55.3 Å². The Kier molecular flexibility index (Phi) is 5.17. The van der Waals surface area contributed by atoms with E-state index in [-0.39, 0.29) is 5.41 Å². The van der Waals surface area contributed by atoms with Crippen LogP contribution in [0.4, 0.5) is 5.82 Å². The van der Waals surface area contributed by atoms with Gasteiger partial charge >= 0.3 is 0 Å². The van der Waals surface area contributed by atoms with Crippen LogP contribution in [0.1, 0.15) is 60.7 Å². The summed E-state index contributed by atoms with van der Waals surface area (Å²) >= 11 is 0. The number of hydrogen-bond donors (Lipinski definition) is 1. The number of fused-ring (bicyclic) bond motifs is 10. The lowest BCUT2D eigenvalue weighted by atomic mass is 9.68. The van der Waals surface area contributed by atoms with Gasteiger partial charge in [-0.05, 0) is 42.5 Å². The van der Waals surface area contributed by atoms with Crippen LogP contribution in [0.2, 0.25) is 0 Å². The van der Waals surface area contributed by atoms with Crippen LogP contribution in [0.5, 0.6) is 5.75 Å². The molecular weight excluding hydrogens is 498 g/mol. The SMILES string of the molecule is Nc1nccn2cnc(-c3nccn4c5nc(c34)C3(c4cccc(OCc6ccccc6)c4)CCCCC5C3)c12. The third-order valence-electron chi connectivity index (χ3n) is 8.74. The molecule has 0 radical (unpaired) electrons. The number of hydrogen-bond acceptors (Lipinski definition) is 6. The van der Waals surface area contributed by atoms with Crippen LogP contribution in [0.25, 0.3) is 22.4 Å². The Hall–Kier alpha value is -4.72. The van der Waals surface area contributed by atoms with Gasteiger partial charge in [0.2, 0.25) is 0 Å². The van der Waals surface area contributed by atoms with Gasteiger partial charge in [-0.25, -0.2) is 15.0 Å². The first-order chi connectivity index (χ1) is 19.7. The fraction of sp³-hybridized carbons (Fsp3) is 0.250. The summed E-state index contributed by atoms with van der Waals surface area (Å²) in [4.78, 5) is 19.4. The molecule has 6 aromatic rings. The Morgan fingerprint density at radius 1 is 0.925 bits per heavy atom. The fourth-order valence-corrected chi connectivity index (χ4v) is 6.91. The van der Waals surface area contributed by atoms with Crippen LogP contribution < -0.4 is 10.5 Å². The topological polar surface area (TPSA) is 95.6 Å². The van der Waals surface area contributed by atoms with Crippen LogP contribution in [-0.2, 0) is 12.0 Å². The van der Waals surface area contributed by atoms with E-state index in [1.54, 1.807) is 12.5 Å². The summed E-state index contributed by atoms with van der Waals surface area (Å²) in [5.41, 5.74) is 12.9. The minimum atomic E-state index is -0.244. The van der Waals surface area contributed by atoms with Gasteiger partial charge in [0.05, 0.1) is 11.2 Å². The second-order valence-corrected chi connectivity index (χ2v) is 11.0. The molecular formula is C32H29N7O. The van der Waals surface area contributed by atoms with Crippen LogP contribution >= 0.6 is 0 Å². The van der Waals surface area contributed by atoms with Crippen LogP contribution in [0.3, 0.4) is 0 Å². The first-order valence-corrected chi connectivity index (χ1v) is 13.9. The lowest BCUT2D eigenvalue weighted by molar-refractivity contribution is 0.304. The molecule has 4 aromatic heterocycles. The van der Waals surface area contributed by atoms with E-state index in [9.17, 15) is 0 Å². The maximum Gasteiger partial charge on any atom is 0.150 e. The van der Waals surface area contributed by atoms with E-state index in [4.69, 9.17) is 25.4 Å². The molecule has 40 heavy (non-hydrogen) atoms. The average Bonchev–Trinajstić information content (AvgIpc) is 3.53. The zero-order chi connectivity index (χ0) is 26.7. The molecule has 2 aromatic carbocycles. The number of benzene rings is 2. The van der Waals surface area contributed by atoms with Crippen molar-refractivity contribution in [2.45, 2.75) is 50.0 Å². The molecule has 2 aliphatic rings. The highest BCUT2D eigenvalue weighted by molar-refractivity contribution is 5.91. The van der Waals surface area contributed by atoms with Gasteiger partial charge in [-0.2, -0.15) is 0 Å². The summed E-state index contributed by atoms with van der Waals surface area (Å²) < 4.78 is 10.4. The smallest absolute Gasteiger partial charge is 0.150 e. The van der Waals surface area contributed by atoms with Gasteiger partial charge < -0.3 is 14.9 Å². The molecule has 8 heteroatoms. The quantitative estimate of drug-likeness (QED) is 0.298. The number of aromatic nitrogens is 6. The summed E-state index contributed by atoms with van der Waals surface area (Å²) in [6.45, 7) is 0.536. The number of nitrogen functional groups attached to an aromatic ring is 1. The van der Waals surface area contributed by atoms with Crippen molar-refractivity contribution in [1.82, 2.24) is 28.7 Å². The molecule has 8 nitrogen and oxygen atoms in total. The highest BCUT2D eigenvalue weighted by Crippen LogP contribution is 2.54. The Morgan fingerprint density at radius 3 is 2.73 bits per heavy atom. The van der Waals surface area contributed by atoms with Crippen molar-refractivity contribution >= 4 is 16.9 Å². The first-order valence-electron chi connectivity index (χ1n) is 13.9. The molecule has 198 valence electrons. The van der Waals surface area contributed by atoms with Crippen molar-refractivity contribution in [2.75, 3.05) is 5.73 Å². The van der Waals surface area contributed by atoms with E-state index >= 15 is 0 Å². The monoisotopic (exact) mass is 527 g/mol. The third kappa shape index (κ3) is 3.45. The highest BCUT2D eigenvalue weighted by atomic mass is 16.5. The highest BCUT2D eigenvalue weighted by Gasteiger charge is 2.47. The van der Waals surface area contributed by atoms with Gasteiger partial charge in [0, 0.05) is 36.1 Å². The van der Waals surface area contributed by atoms with E-state index < -0.39 is 0 Å². The molecule has 1 saturated carbocycles. The zero-order valence-corrected chi connectivity index (χ0v) is 22.1. The molecule has 0 saturated heterocycles. The molecule has 1 aliphatic heterocycles. The molecule has 4 bridgehead atoms. The van der Waals surface area contributed by atoms with Crippen molar-refractivity contribution in [3.05, 3.63) is 108 Å². The van der Waals surface area contributed by atoms with Gasteiger partial charge in [-0.15, -0.1) is 0 Å². The Bertz CT molecular complexity index is 1880. The second-order valence-electron chi connectivity index (χ2n) is 11.0. The molecule has 1 fully saturated rings. The number of nitrogens with two attached hydrogens (primary N) is 1. The van der Waals surface area contributed by atoms with Crippen molar-refractivity contribution < 1.29 is 4.74 Å². The number of imidazole rings is 2. The van der Waals surface area contributed by atoms with Gasteiger partial charge in [0.25, 0.3) is 0 Å². The summed E-state index contributed by atoms with van der Waals surface area (Å²) in [5.74, 6) is 2.80. The van der Waals surface area contributed by atoms with Crippen LogP contribution in [-0.4, -0.2) is 28.7 Å². The molecule has 8 rings (SSSR count). The summed E-state index contributed by atoms with van der Waals surface area (Å²) in [6, 6.07) is 18.9. The lowest BCUT2D eigenvalue weighted by Gasteiger charge is -2.36. The van der Waals surface area contributed by atoms with Crippen molar-refractivity contribution in [2.24, 2.45) is 0 Å². The third-order valence-corrected chi connectivity index (χ3v) is 8.74. The van der Waals surface area contributed by atoms with E-state index in [1.165, 1.54) is 12.0 Å². The Labute approximate surface area is 231 Å². The molecule has 0 amide bonds. The van der Waals surface area contributed by atoms with Crippen molar-refractivity contribution in [3.8, 4) is 17.1 Å². The predicted molar refractivity (Wildman–Crippen MR) is 153 cm³/mol. The average molecular weight is 528 g/mol. The fourth-order valence-electron chi connectivity index (χ4n) is 6.91. The van der Waals surface area contributed by atoms with E-state index in [2.05, 4.69) is 52.0 Å². The standard InChI is InChI=1S/C32H29N7O/c33-30-28-26(36-20-38(28)15-13-35-30)25-27-29-32(12-5-4-9-22(18-32)31(37-29)39(27)16-14-34-25)23-10-6-11-24(17-23)40-19-21-7-2-1-3-8-21/h1-3,6-8,10-11,13-17,20,22H,4-5,9,12,18-19H2,(H2,33,35). The Balaban J connectivity index is 1.31. The maximum absolute atomic E-state index is 6.35. The summed E-state index contributed by atoms with van der Waals surface area (Å²) in [5, 5.41) is 0. The first kappa shape index (κ1) is 23.2. The summed E-state index contributed by atoms with van der Waals surface area (Å²) in [6.07, 6.45) is 14.8. The van der Waals surface area contributed by atoms with Gasteiger partial charge in [0.1, 0.15) is 47.2 Å². The zero-order valence-electron chi connectivity index (χ0n) is 22.1. The minimum Gasteiger partial charge on any atom is -0.489 e. The number of ether oxygens (including phenoxy) is 1. The van der Waals surface area contributed by atoms with E-state index in [1.807, 2.05) is 35.0 Å². The molecule has 0 spiro atoms. The van der Waals surface area contributed by atoms with Crippen molar-refractivity contribution in [3.63, 3.8) is 0 Å². The number of rotatable bonds is 5. The molecule has 1 aliphatic carbocycles. The minimum absolute atomic E-state index is 0.244. The molecule has 2 atom stereocenters. The largest absolute Gasteiger partial charge is 0.489 e. The van der Waals surface area contributed by atoms with Crippen LogP contribution in [0.15, 0.2) is 85.7 Å². The van der Waals surface area contributed by atoms with Gasteiger partial charge in [0.15, 0.2) is 0 Å². The normalized spacial score (nSPS) is 20.1. The molecule has 2 unspecified atom stereocenters. The predicted octanol–water partition coefficient (Wildman–Crippen LogP) is 5.95. The van der Waals surface area contributed by atoms with E-state index in [0.29, 0.717) is 18.3 Å². The summed E-state index contributed by atoms with van der Waals surface area (Å²) in [7, 11) is 0.